The van der Waals surface area contributed by atoms with Gasteiger partial charge in [-0.25, -0.2) is 4.68 Å². The lowest BCUT2D eigenvalue weighted by atomic mass is 9.95. The Morgan fingerprint density at radius 1 is 1.11 bits per heavy atom. The molecule has 1 aliphatic heterocycles. The fourth-order valence-corrected chi connectivity index (χ4v) is 4.80. The number of anilines is 2. The Morgan fingerprint density at radius 2 is 1.81 bits per heavy atom. The monoisotopic (exact) mass is 523 g/mol. The third-order valence-corrected chi connectivity index (χ3v) is 7.00. The van der Waals surface area contributed by atoms with Crippen LogP contribution in [0.25, 0.3) is 5.69 Å². The average Bonchev–Trinajstić information content (AvgIpc) is 3.24. The number of hydrogen-bond donors (Lipinski definition) is 2. The van der Waals surface area contributed by atoms with E-state index in [1.165, 1.54) is 0 Å². The molecule has 0 atom stereocenters. The molecule has 1 saturated heterocycles. The van der Waals surface area contributed by atoms with Crippen LogP contribution in [-0.2, 0) is 16.0 Å². The first-order chi connectivity index (χ1) is 17.9. The molecular weight excluding hydrogens is 490 g/mol. The Morgan fingerprint density at radius 3 is 2.49 bits per heavy atom. The quantitative estimate of drug-likeness (QED) is 0.422. The lowest BCUT2D eigenvalue weighted by molar-refractivity contribution is -0.125. The van der Waals surface area contributed by atoms with Crippen LogP contribution in [0.15, 0.2) is 48.5 Å². The van der Waals surface area contributed by atoms with Gasteiger partial charge in [0.2, 0.25) is 11.8 Å². The lowest BCUT2D eigenvalue weighted by Crippen LogP contribution is -2.42. The van der Waals surface area contributed by atoms with Crippen molar-refractivity contribution in [3.63, 3.8) is 0 Å². The number of piperidine rings is 1. The van der Waals surface area contributed by atoms with Gasteiger partial charge in [0.05, 0.1) is 18.5 Å². The van der Waals surface area contributed by atoms with Gasteiger partial charge < -0.3 is 20.3 Å². The van der Waals surface area contributed by atoms with Crippen molar-refractivity contribution in [3.05, 3.63) is 64.8 Å². The van der Waals surface area contributed by atoms with Crippen LogP contribution in [0, 0.1) is 12.8 Å². The molecule has 3 aromatic rings. The second kappa shape index (κ2) is 12.1. The second-order valence-corrected chi connectivity index (χ2v) is 9.62. The highest BCUT2D eigenvalue weighted by molar-refractivity contribution is 6.30. The molecule has 2 heterocycles. The van der Waals surface area contributed by atoms with Gasteiger partial charge in [-0.3, -0.25) is 9.59 Å². The second-order valence-electron chi connectivity index (χ2n) is 9.19. The fourth-order valence-electron chi connectivity index (χ4n) is 4.67. The molecule has 2 N–H and O–H groups in total. The van der Waals surface area contributed by atoms with Crippen molar-refractivity contribution in [2.75, 3.05) is 37.0 Å². The number of para-hydroxylation sites is 1. The van der Waals surface area contributed by atoms with Crippen molar-refractivity contribution in [2.24, 2.45) is 5.92 Å². The highest BCUT2D eigenvalue weighted by atomic mass is 35.5. The van der Waals surface area contributed by atoms with Gasteiger partial charge in [-0.15, -0.1) is 0 Å². The number of nitrogens with zero attached hydrogens (tertiary/aromatic N) is 3. The Labute approximate surface area is 222 Å². The molecule has 0 radical (unpaired) electrons. The van der Waals surface area contributed by atoms with Crippen LogP contribution >= 0.6 is 11.6 Å². The molecule has 1 aromatic heterocycles. The molecule has 196 valence electrons. The van der Waals surface area contributed by atoms with Gasteiger partial charge in [0.1, 0.15) is 11.4 Å². The van der Waals surface area contributed by atoms with E-state index < -0.39 is 0 Å². The first-order valence-corrected chi connectivity index (χ1v) is 13.1. The standard InChI is InChI=1S/C28H34ClN5O3/c1-4-25(35)31-26-19(2)32-34(23-11-9-22(29)10-12-23)28(26)33-17-14-21(15-18-33)27(36)30-16-13-20-7-5-6-8-24(20)37-3/h5-12,21H,4,13-18H2,1-3H3,(H,30,36)(H,31,35). The van der Waals surface area contributed by atoms with Crippen LogP contribution in [-0.4, -0.2) is 48.3 Å². The van der Waals surface area contributed by atoms with Gasteiger partial charge in [-0.1, -0.05) is 36.7 Å². The third-order valence-electron chi connectivity index (χ3n) is 6.74. The SMILES string of the molecule is CCC(=O)Nc1c(C)nn(-c2ccc(Cl)cc2)c1N1CCC(C(=O)NCCc2ccccc2OC)CC1. The summed E-state index contributed by atoms with van der Waals surface area (Å²) in [5.74, 6) is 1.62. The number of rotatable bonds is 9. The Kier molecular flexibility index (Phi) is 8.71. The average molecular weight is 524 g/mol. The predicted molar refractivity (Wildman–Crippen MR) is 147 cm³/mol. The molecule has 2 amide bonds. The minimum atomic E-state index is -0.0654. The van der Waals surface area contributed by atoms with Crippen molar-refractivity contribution in [3.8, 4) is 11.4 Å². The van der Waals surface area contributed by atoms with Crippen molar-refractivity contribution in [2.45, 2.75) is 39.5 Å². The summed E-state index contributed by atoms with van der Waals surface area (Å²) in [7, 11) is 1.66. The van der Waals surface area contributed by atoms with Gasteiger partial charge in [-0.2, -0.15) is 5.10 Å². The number of carbonyl (C=O) groups excluding carboxylic acids is 2. The summed E-state index contributed by atoms with van der Waals surface area (Å²) in [6.07, 6.45) is 2.52. The zero-order valence-corrected chi connectivity index (χ0v) is 22.3. The maximum atomic E-state index is 12.9. The normalized spacial score (nSPS) is 13.9. The summed E-state index contributed by atoms with van der Waals surface area (Å²) in [5, 5.41) is 11.5. The zero-order chi connectivity index (χ0) is 26.4. The maximum Gasteiger partial charge on any atom is 0.224 e. The minimum absolute atomic E-state index is 0.0596. The van der Waals surface area contributed by atoms with Crippen LogP contribution in [0.1, 0.15) is 37.4 Å². The van der Waals surface area contributed by atoms with E-state index in [9.17, 15) is 9.59 Å². The van der Waals surface area contributed by atoms with E-state index in [4.69, 9.17) is 21.4 Å². The number of ether oxygens (including phenoxy) is 1. The van der Waals surface area contributed by atoms with Gasteiger partial charge >= 0.3 is 0 Å². The third kappa shape index (κ3) is 6.25. The molecule has 0 aliphatic carbocycles. The van der Waals surface area contributed by atoms with E-state index in [2.05, 4.69) is 15.5 Å². The van der Waals surface area contributed by atoms with Gasteiger partial charge in [-0.05, 0) is 62.1 Å². The van der Waals surface area contributed by atoms with Gasteiger partial charge in [0, 0.05) is 37.0 Å². The topological polar surface area (TPSA) is 88.5 Å². The highest BCUT2D eigenvalue weighted by Gasteiger charge is 2.30. The van der Waals surface area contributed by atoms with Crippen LogP contribution in [0.2, 0.25) is 5.02 Å². The van der Waals surface area contributed by atoms with Crippen molar-refractivity contribution >= 4 is 34.9 Å². The summed E-state index contributed by atoms with van der Waals surface area (Å²) in [6.45, 7) is 5.64. The first kappa shape index (κ1) is 26.5. The molecule has 0 unspecified atom stereocenters. The van der Waals surface area contributed by atoms with Crippen LogP contribution in [0.4, 0.5) is 11.5 Å². The number of halogens is 1. The number of aryl methyl sites for hydroxylation is 1. The number of hydrogen-bond acceptors (Lipinski definition) is 5. The molecule has 4 rings (SSSR count). The van der Waals surface area contributed by atoms with E-state index in [0.717, 1.165) is 28.5 Å². The van der Waals surface area contributed by atoms with Crippen molar-refractivity contribution < 1.29 is 14.3 Å². The minimum Gasteiger partial charge on any atom is -0.496 e. The van der Waals surface area contributed by atoms with E-state index in [1.807, 2.05) is 67.1 Å². The number of carbonyl (C=O) groups is 2. The molecule has 0 spiro atoms. The van der Waals surface area contributed by atoms with E-state index in [0.29, 0.717) is 56.0 Å². The number of nitrogens with one attached hydrogen (secondary N) is 2. The van der Waals surface area contributed by atoms with E-state index >= 15 is 0 Å². The summed E-state index contributed by atoms with van der Waals surface area (Å²) in [4.78, 5) is 27.4. The van der Waals surface area contributed by atoms with E-state index in [1.54, 1.807) is 7.11 Å². The van der Waals surface area contributed by atoms with Gasteiger partial charge in [0.15, 0.2) is 5.82 Å². The molecular formula is C28H34ClN5O3. The molecule has 9 heteroatoms. The molecule has 2 aromatic carbocycles. The number of amides is 2. The largest absolute Gasteiger partial charge is 0.496 e. The summed E-state index contributed by atoms with van der Waals surface area (Å²) in [6, 6.07) is 15.3. The Hall–Kier alpha value is -3.52. The van der Waals surface area contributed by atoms with Crippen molar-refractivity contribution in [1.82, 2.24) is 15.1 Å². The van der Waals surface area contributed by atoms with E-state index in [-0.39, 0.29) is 17.7 Å². The summed E-state index contributed by atoms with van der Waals surface area (Å²) < 4.78 is 7.26. The number of benzene rings is 2. The Balaban J connectivity index is 1.44. The molecule has 1 fully saturated rings. The van der Waals surface area contributed by atoms with Crippen LogP contribution in [0.5, 0.6) is 5.75 Å². The molecule has 8 nitrogen and oxygen atoms in total. The van der Waals surface area contributed by atoms with Gasteiger partial charge in [0.25, 0.3) is 0 Å². The highest BCUT2D eigenvalue weighted by Crippen LogP contribution is 2.35. The summed E-state index contributed by atoms with van der Waals surface area (Å²) >= 11 is 6.10. The maximum absolute atomic E-state index is 12.9. The summed E-state index contributed by atoms with van der Waals surface area (Å²) in [5.41, 5.74) is 3.38. The van der Waals surface area contributed by atoms with Crippen molar-refractivity contribution in [1.29, 1.82) is 0 Å². The lowest BCUT2D eigenvalue weighted by Gasteiger charge is -2.33. The Bertz CT molecular complexity index is 1230. The number of methoxy groups -OCH3 is 1. The predicted octanol–water partition coefficient (Wildman–Crippen LogP) is 4.77. The molecule has 37 heavy (non-hydrogen) atoms. The van der Waals surface area contributed by atoms with Crippen LogP contribution < -0.4 is 20.3 Å². The zero-order valence-electron chi connectivity index (χ0n) is 21.6. The van der Waals surface area contributed by atoms with Crippen LogP contribution in [0.3, 0.4) is 0 Å². The molecule has 1 aliphatic rings. The molecule has 0 saturated carbocycles. The smallest absolute Gasteiger partial charge is 0.224 e. The molecule has 0 bridgehead atoms. The fraction of sp³-hybridized carbons (Fsp3) is 0.393. The first-order valence-electron chi connectivity index (χ1n) is 12.7. The number of aromatic nitrogens is 2.